The van der Waals surface area contributed by atoms with Gasteiger partial charge in [-0.15, -0.1) is 0 Å². The molecular weight excluding hydrogens is 292 g/mol. The lowest BCUT2D eigenvalue weighted by atomic mass is 10.1. The number of amides is 1. The quantitative estimate of drug-likeness (QED) is 0.859. The Kier molecular flexibility index (Phi) is 5.12. The van der Waals surface area contributed by atoms with Crippen LogP contribution in [-0.2, 0) is 4.79 Å². The first-order valence-electron chi connectivity index (χ1n) is 7.89. The lowest BCUT2D eigenvalue weighted by Gasteiger charge is -2.30. The van der Waals surface area contributed by atoms with E-state index < -0.39 is 5.60 Å². The molecule has 126 valence electrons. The second kappa shape index (κ2) is 6.72. The molecule has 0 aliphatic heterocycles. The Morgan fingerprint density at radius 3 is 2.61 bits per heavy atom. The van der Waals surface area contributed by atoms with Gasteiger partial charge in [-0.2, -0.15) is 0 Å². The Morgan fingerprint density at radius 1 is 1.35 bits per heavy atom. The highest BCUT2D eigenvalue weighted by Crippen LogP contribution is 2.23. The lowest BCUT2D eigenvalue weighted by molar-refractivity contribution is -0.127. The minimum absolute atomic E-state index is 0.0929. The highest BCUT2D eigenvalue weighted by molar-refractivity contribution is 5.82. The van der Waals surface area contributed by atoms with Crippen molar-refractivity contribution in [2.75, 3.05) is 13.6 Å². The van der Waals surface area contributed by atoms with E-state index in [4.69, 9.17) is 4.42 Å². The highest BCUT2D eigenvalue weighted by atomic mass is 16.3. The summed E-state index contributed by atoms with van der Waals surface area (Å²) in [6, 6.07) is 9.17. The molecule has 2 N–H and O–H groups in total. The van der Waals surface area contributed by atoms with Crippen LogP contribution in [0.5, 0.6) is 0 Å². The molecular formula is C18H26N2O3. The Hall–Kier alpha value is -1.85. The van der Waals surface area contributed by atoms with Gasteiger partial charge in [-0.3, -0.25) is 9.69 Å². The molecule has 0 radical (unpaired) electrons. The van der Waals surface area contributed by atoms with Crippen molar-refractivity contribution in [3.8, 4) is 0 Å². The molecule has 23 heavy (non-hydrogen) atoms. The third-order valence-electron chi connectivity index (χ3n) is 3.91. The molecule has 0 fully saturated rings. The van der Waals surface area contributed by atoms with Crippen LogP contribution in [0, 0.1) is 0 Å². The number of likely N-dealkylation sites (N-methyl/N-ethyl adjacent to an activating group) is 1. The molecule has 2 aromatic rings. The third-order valence-corrected chi connectivity index (χ3v) is 3.91. The van der Waals surface area contributed by atoms with E-state index in [-0.39, 0.29) is 18.0 Å². The van der Waals surface area contributed by atoms with Gasteiger partial charge < -0.3 is 14.8 Å². The molecule has 0 aliphatic carbocycles. The van der Waals surface area contributed by atoms with Crippen LogP contribution < -0.4 is 5.32 Å². The Balaban J connectivity index is 2.01. The van der Waals surface area contributed by atoms with Gasteiger partial charge in [0.1, 0.15) is 11.3 Å². The van der Waals surface area contributed by atoms with Crippen molar-refractivity contribution in [1.82, 2.24) is 10.2 Å². The average Bonchev–Trinajstić information content (AvgIpc) is 2.88. The number of carbonyl (C=O) groups is 1. The predicted molar refractivity (Wildman–Crippen MR) is 91.2 cm³/mol. The van der Waals surface area contributed by atoms with E-state index in [1.54, 1.807) is 13.8 Å². The van der Waals surface area contributed by atoms with Crippen molar-refractivity contribution in [3.05, 3.63) is 36.1 Å². The number of nitrogens with zero attached hydrogens (tertiary/aromatic N) is 1. The third kappa shape index (κ3) is 4.56. The molecule has 0 saturated heterocycles. The molecule has 2 unspecified atom stereocenters. The van der Waals surface area contributed by atoms with E-state index in [9.17, 15) is 9.90 Å². The summed E-state index contributed by atoms with van der Waals surface area (Å²) >= 11 is 0. The molecule has 1 aromatic heterocycles. The fourth-order valence-corrected chi connectivity index (χ4v) is 2.57. The summed E-state index contributed by atoms with van der Waals surface area (Å²) < 4.78 is 5.78. The largest absolute Gasteiger partial charge is 0.459 e. The van der Waals surface area contributed by atoms with Crippen LogP contribution in [0.25, 0.3) is 11.0 Å². The zero-order valence-electron chi connectivity index (χ0n) is 14.5. The number of fused-ring (bicyclic) bond motifs is 1. The molecule has 1 amide bonds. The molecule has 5 heteroatoms. The van der Waals surface area contributed by atoms with E-state index in [1.165, 1.54) is 0 Å². The maximum atomic E-state index is 12.4. The summed E-state index contributed by atoms with van der Waals surface area (Å²) in [6.45, 7) is 7.60. The summed E-state index contributed by atoms with van der Waals surface area (Å²) in [6.07, 6.45) is 0. The van der Waals surface area contributed by atoms with Gasteiger partial charge >= 0.3 is 0 Å². The average molecular weight is 318 g/mol. The molecule has 1 aromatic carbocycles. The lowest BCUT2D eigenvalue weighted by Crippen LogP contribution is -2.48. The molecule has 0 bridgehead atoms. The van der Waals surface area contributed by atoms with Crippen LogP contribution in [0.1, 0.15) is 39.5 Å². The van der Waals surface area contributed by atoms with Crippen molar-refractivity contribution < 1.29 is 14.3 Å². The molecule has 0 aliphatic rings. The number of aliphatic hydroxyl groups is 1. The smallest absolute Gasteiger partial charge is 0.237 e. The number of rotatable bonds is 6. The van der Waals surface area contributed by atoms with Gasteiger partial charge in [-0.25, -0.2) is 0 Å². The van der Waals surface area contributed by atoms with Gasteiger partial charge in [-0.05, 0) is 46.9 Å². The number of carbonyl (C=O) groups excluding carboxylic acids is 1. The number of hydrogen-bond donors (Lipinski definition) is 2. The van der Waals surface area contributed by atoms with Crippen molar-refractivity contribution in [1.29, 1.82) is 0 Å². The predicted octanol–water partition coefficient (Wildman–Crippen LogP) is 2.70. The Bertz CT molecular complexity index is 639. The zero-order chi connectivity index (χ0) is 17.2. The second-order valence-electron chi connectivity index (χ2n) is 6.82. The van der Waals surface area contributed by atoms with E-state index in [0.29, 0.717) is 6.54 Å². The first kappa shape index (κ1) is 17.5. The zero-order valence-corrected chi connectivity index (χ0v) is 14.5. The molecule has 2 rings (SSSR count). The van der Waals surface area contributed by atoms with E-state index >= 15 is 0 Å². The maximum Gasteiger partial charge on any atom is 0.237 e. The molecule has 1 heterocycles. The van der Waals surface area contributed by atoms with Gasteiger partial charge in [0.2, 0.25) is 5.91 Å². The summed E-state index contributed by atoms with van der Waals surface area (Å²) in [4.78, 5) is 14.2. The van der Waals surface area contributed by atoms with Gasteiger partial charge in [0.15, 0.2) is 0 Å². The molecule has 0 spiro atoms. The minimum Gasteiger partial charge on any atom is -0.459 e. The maximum absolute atomic E-state index is 12.4. The number of benzene rings is 1. The Labute approximate surface area is 137 Å². The number of hydrogen-bond acceptors (Lipinski definition) is 4. The van der Waals surface area contributed by atoms with E-state index in [1.807, 2.05) is 56.1 Å². The van der Waals surface area contributed by atoms with Crippen molar-refractivity contribution in [2.24, 2.45) is 0 Å². The fraction of sp³-hybridized carbons (Fsp3) is 0.500. The van der Waals surface area contributed by atoms with Crippen LogP contribution in [0.3, 0.4) is 0 Å². The molecule has 0 saturated carbocycles. The Morgan fingerprint density at radius 2 is 2.00 bits per heavy atom. The fourth-order valence-electron chi connectivity index (χ4n) is 2.57. The van der Waals surface area contributed by atoms with Crippen molar-refractivity contribution in [3.63, 3.8) is 0 Å². The van der Waals surface area contributed by atoms with Gasteiger partial charge in [0, 0.05) is 11.9 Å². The topological polar surface area (TPSA) is 65.7 Å². The summed E-state index contributed by atoms with van der Waals surface area (Å²) in [7, 11) is 1.83. The number of nitrogens with one attached hydrogen (secondary N) is 1. The summed E-state index contributed by atoms with van der Waals surface area (Å²) in [5.41, 5.74) is -0.0241. The summed E-state index contributed by atoms with van der Waals surface area (Å²) in [5, 5.41) is 13.9. The van der Waals surface area contributed by atoms with Crippen molar-refractivity contribution >= 4 is 16.9 Å². The first-order chi connectivity index (χ1) is 10.7. The molecule has 5 nitrogen and oxygen atoms in total. The monoisotopic (exact) mass is 318 g/mol. The van der Waals surface area contributed by atoms with Crippen LogP contribution >= 0.6 is 0 Å². The van der Waals surface area contributed by atoms with E-state index in [2.05, 4.69) is 5.32 Å². The van der Waals surface area contributed by atoms with Crippen LogP contribution in [0.4, 0.5) is 0 Å². The number of para-hydroxylation sites is 1. The SMILES string of the molecule is CC(NC(=O)C(C)N(C)CC(C)(C)O)c1cc2ccccc2o1. The standard InChI is InChI=1S/C18H26N2O3/c1-12(16-10-14-8-6-7-9-15(14)23-16)19-17(21)13(2)20(5)11-18(3,4)22/h6-10,12-13,22H,11H2,1-5H3,(H,19,21). The van der Waals surface area contributed by atoms with Gasteiger partial charge in [0.25, 0.3) is 0 Å². The highest BCUT2D eigenvalue weighted by Gasteiger charge is 2.25. The normalized spacial score (nSPS) is 14.9. The van der Waals surface area contributed by atoms with E-state index in [0.717, 1.165) is 16.7 Å². The molecule has 2 atom stereocenters. The first-order valence-corrected chi connectivity index (χ1v) is 7.89. The number of furan rings is 1. The minimum atomic E-state index is -0.840. The van der Waals surface area contributed by atoms with Crippen molar-refractivity contribution in [2.45, 2.75) is 45.4 Å². The van der Waals surface area contributed by atoms with Gasteiger partial charge in [-0.1, -0.05) is 18.2 Å². The van der Waals surface area contributed by atoms with Crippen LogP contribution in [0.15, 0.2) is 34.7 Å². The second-order valence-corrected chi connectivity index (χ2v) is 6.82. The van der Waals surface area contributed by atoms with Crippen LogP contribution in [-0.4, -0.2) is 41.1 Å². The summed E-state index contributed by atoms with van der Waals surface area (Å²) in [5.74, 6) is 0.640. The van der Waals surface area contributed by atoms with Crippen LogP contribution in [0.2, 0.25) is 0 Å². The van der Waals surface area contributed by atoms with Gasteiger partial charge in [0.05, 0.1) is 17.7 Å².